The molecule has 0 N–H and O–H groups in total. The third-order valence-electron chi connectivity index (χ3n) is 7.52. The smallest absolute Gasteiger partial charge is 0.266 e. The zero-order valence-corrected chi connectivity index (χ0v) is 24.9. The zero-order chi connectivity index (χ0) is 26.5. The number of ether oxygens (including phenoxy) is 2. The van der Waals surface area contributed by atoms with Crippen molar-refractivity contribution in [1.29, 1.82) is 0 Å². The van der Waals surface area contributed by atoms with Crippen LogP contribution in [0.2, 0.25) is 5.02 Å². The summed E-state index contributed by atoms with van der Waals surface area (Å²) in [6.07, 6.45) is 13.7. The molecule has 0 spiro atoms. The van der Waals surface area contributed by atoms with E-state index in [1.165, 1.54) is 50.3 Å². The summed E-state index contributed by atoms with van der Waals surface area (Å²) in [5, 5.41) is 1.56. The predicted molar refractivity (Wildman–Crippen MR) is 160 cm³/mol. The normalized spacial score (nSPS) is 21.4. The Labute approximate surface area is 243 Å². The van der Waals surface area contributed by atoms with Gasteiger partial charge in [-0.05, 0) is 83.2 Å². The van der Waals surface area contributed by atoms with Gasteiger partial charge >= 0.3 is 0 Å². The number of amides is 1. The van der Waals surface area contributed by atoms with Gasteiger partial charge in [-0.2, -0.15) is 0 Å². The Bertz CT molecular complexity index is 1220. The van der Waals surface area contributed by atoms with Gasteiger partial charge in [-0.25, -0.2) is 0 Å². The molecular weight excluding hydrogens is 584 g/mol. The van der Waals surface area contributed by atoms with E-state index in [0.717, 1.165) is 46.5 Å². The first-order valence-corrected chi connectivity index (χ1v) is 15.6. The number of aliphatic imine (C=N–C) groups is 1. The van der Waals surface area contributed by atoms with Crippen LogP contribution in [-0.2, 0) is 11.4 Å². The second-order valence-electron chi connectivity index (χ2n) is 10.2. The number of thioether (sulfide) groups is 1. The second kappa shape index (κ2) is 12.9. The Kier molecular flexibility index (Phi) is 9.39. The molecule has 8 heteroatoms. The highest BCUT2D eigenvalue weighted by atomic mass is 79.9. The number of benzene rings is 2. The van der Waals surface area contributed by atoms with Crippen LogP contribution >= 0.6 is 39.3 Å². The van der Waals surface area contributed by atoms with Gasteiger partial charge < -0.3 is 9.47 Å². The molecule has 0 unspecified atom stereocenters. The molecule has 5 nitrogen and oxygen atoms in total. The predicted octanol–water partition coefficient (Wildman–Crippen LogP) is 8.63. The number of carbonyl (C=O) groups is 1. The SMILES string of the molecule is COc1cc(C=C2SC(=NC3CCCCC3)N(C3CCCCC3)C2=O)cc(Br)c1OCc1ccccc1Cl. The first kappa shape index (κ1) is 27.6. The summed E-state index contributed by atoms with van der Waals surface area (Å²) in [5.74, 6) is 1.27. The van der Waals surface area contributed by atoms with Crippen LogP contribution in [0.1, 0.15) is 75.3 Å². The maximum atomic E-state index is 13.7. The van der Waals surface area contributed by atoms with Crippen LogP contribution in [0.25, 0.3) is 6.08 Å². The van der Waals surface area contributed by atoms with Gasteiger partial charge in [-0.15, -0.1) is 0 Å². The van der Waals surface area contributed by atoms with Crippen LogP contribution in [0.5, 0.6) is 11.5 Å². The van der Waals surface area contributed by atoms with Crippen LogP contribution in [-0.4, -0.2) is 35.2 Å². The fourth-order valence-corrected chi connectivity index (χ4v) is 7.36. The lowest BCUT2D eigenvalue weighted by Gasteiger charge is -2.31. The number of rotatable bonds is 7. The average Bonchev–Trinajstić information content (AvgIpc) is 3.23. The van der Waals surface area contributed by atoms with E-state index in [4.69, 9.17) is 26.1 Å². The molecule has 2 aromatic rings. The Balaban J connectivity index is 1.40. The summed E-state index contributed by atoms with van der Waals surface area (Å²) in [7, 11) is 1.62. The van der Waals surface area contributed by atoms with Crippen molar-refractivity contribution in [2.24, 2.45) is 4.99 Å². The molecule has 0 bridgehead atoms. The summed E-state index contributed by atoms with van der Waals surface area (Å²) in [6.45, 7) is 0.320. The highest BCUT2D eigenvalue weighted by Gasteiger charge is 2.39. The Morgan fingerprint density at radius 1 is 1.08 bits per heavy atom. The van der Waals surface area contributed by atoms with Crippen molar-refractivity contribution < 1.29 is 14.3 Å². The standard InChI is InChI=1S/C30H34BrClN2O3S/c1-36-26-17-20(16-24(31)28(26)37-19-21-10-8-9-15-25(21)32)18-27-29(35)34(23-13-6-3-7-14-23)30(38-27)33-22-11-4-2-5-12-22/h8-10,15-18,22-23H,2-7,11-14,19H2,1H3. The second-order valence-corrected chi connectivity index (χ2v) is 12.5. The molecule has 2 saturated carbocycles. The van der Waals surface area contributed by atoms with Crippen LogP contribution < -0.4 is 9.47 Å². The quantitative estimate of drug-likeness (QED) is 0.292. The van der Waals surface area contributed by atoms with Gasteiger partial charge in [0, 0.05) is 16.6 Å². The van der Waals surface area contributed by atoms with E-state index in [1.807, 2.05) is 47.4 Å². The molecule has 3 aliphatic rings. The van der Waals surface area contributed by atoms with Crippen molar-refractivity contribution in [3.8, 4) is 11.5 Å². The third-order valence-corrected chi connectivity index (χ3v) is 9.48. The minimum atomic E-state index is 0.0746. The number of amidine groups is 1. The van der Waals surface area contributed by atoms with E-state index in [1.54, 1.807) is 7.11 Å². The van der Waals surface area contributed by atoms with Gasteiger partial charge in [0.1, 0.15) is 6.61 Å². The summed E-state index contributed by atoms with van der Waals surface area (Å²) >= 11 is 11.5. The van der Waals surface area contributed by atoms with Crippen molar-refractivity contribution in [1.82, 2.24) is 4.90 Å². The first-order chi connectivity index (χ1) is 18.5. The molecule has 1 heterocycles. The van der Waals surface area contributed by atoms with E-state index < -0.39 is 0 Å². The van der Waals surface area contributed by atoms with Crippen molar-refractivity contribution in [3.05, 3.63) is 61.9 Å². The summed E-state index contributed by atoms with van der Waals surface area (Å²) < 4.78 is 12.5. The van der Waals surface area contributed by atoms with Crippen LogP contribution in [0.4, 0.5) is 0 Å². The van der Waals surface area contributed by atoms with E-state index in [0.29, 0.717) is 34.1 Å². The lowest BCUT2D eigenvalue weighted by atomic mass is 9.94. The van der Waals surface area contributed by atoms with Gasteiger partial charge in [-0.3, -0.25) is 14.7 Å². The highest BCUT2D eigenvalue weighted by Crippen LogP contribution is 2.41. The topological polar surface area (TPSA) is 51.1 Å². The van der Waals surface area contributed by atoms with E-state index in [9.17, 15) is 4.79 Å². The molecule has 5 rings (SSSR count). The minimum Gasteiger partial charge on any atom is -0.493 e. The molecule has 1 aliphatic heterocycles. The lowest BCUT2D eigenvalue weighted by molar-refractivity contribution is -0.124. The molecule has 202 valence electrons. The van der Waals surface area contributed by atoms with Gasteiger partial charge in [0.05, 0.1) is 22.5 Å². The number of hydrogen-bond donors (Lipinski definition) is 0. The number of hydrogen-bond acceptors (Lipinski definition) is 5. The maximum absolute atomic E-state index is 13.7. The minimum absolute atomic E-state index is 0.0746. The van der Waals surface area contributed by atoms with Crippen LogP contribution in [0, 0.1) is 0 Å². The number of halogens is 2. The van der Waals surface area contributed by atoms with Crippen molar-refractivity contribution >= 4 is 56.4 Å². The summed E-state index contributed by atoms with van der Waals surface area (Å²) in [6, 6.07) is 12.1. The van der Waals surface area contributed by atoms with E-state index in [2.05, 4.69) is 15.9 Å². The van der Waals surface area contributed by atoms with Crippen LogP contribution in [0.3, 0.4) is 0 Å². The third kappa shape index (κ3) is 6.43. The lowest BCUT2D eigenvalue weighted by Crippen LogP contribution is -2.41. The molecule has 2 aliphatic carbocycles. The van der Waals surface area contributed by atoms with Gasteiger partial charge in [0.2, 0.25) is 0 Å². The first-order valence-electron chi connectivity index (χ1n) is 13.6. The van der Waals surface area contributed by atoms with Crippen molar-refractivity contribution in [3.63, 3.8) is 0 Å². The monoisotopic (exact) mass is 616 g/mol. The van der Waals surface area contributed by atoms with Crippen molar-refractivity contribution in [2.75, 3.05) is 7.11 Å². The number of methoxy groups -OCH3 is 1. The molecule has 1 saturated heterocycles. The summed E-state index contributed by atoms with van der Waals surface area (Å²) in [5.41, 5.74) is 1.77. The fraction of sp³-hybridized carbons (Fsp3) is 0.467. The molecule has 38 heavy (non-hydrogen) atoms. The molecule has 0 radical (unpaired) electrons. The fourth-order valence-electron chi connectivity index (χ4n) is 5.48. The number of carbonyl (C=O) groups excluding carboxylic acids is 1. The largest absolute Gasteiger partial charge is 0.493 e. The summed E-state index contributed by atoms with van der Waals surface area (Å²) in [4.78, 5) is 21.6. The maximum Gasteiger partial charge on any atom is 0.266 e. The van der Waals surface area contributed by atoms with Crippen LogP contribution in [0.15, 0.2) is 50.8 Å². The van der Waals surface area contributed by atoms with Crippen molar-refractivity contribution in [2.45, 2.75) is 82.9 Å². The Hall–Kier alpha value is -1.96. The molecule has 0 aromatic heterocycles. The Morgan fingerprint density at radius 2 is 1.79 bits per heavy atom. The van der Waals surface area contributed by atoms with Gasteiger partial charge in [0.25, 0.3) is 5.91 Å². The highest BCUT2D eigenvalue weighted by molar-refractivity contribution is 9.10. The van der Waals surface area contributed by atoms with Gasteiger partial charge in [-0.1, -0.05) is 68.3 Å². The zero-order valence-electron chi connectivity index (χ0n) is 21.8. The van der Waals surface area contributed by atoms with Gasteiger partial charge in [0.15, 0.2) is 16.7 Å². The molecular formula is C30H34BrClN2O3S. The van der Waals surface area contributed by atoms with E-state index in [-0.39, 0.29) is 11.9 Å². The average molecular weight is 618 g/mol. The molecule has 1 amide bonds. The molecule has 3 fully saturated rings. The number of nitrogens with zero attached hydrogens (tertiary/aromatic N) is 2. The Morgan fingerprint density at radius 3 is 2.50 bits per heavy atom. The molecule has 2 aromatic carbocycles. The molecule has 0 atom stereocenters. The van der Waals surface area contributed by atoms with E-state index >= 15 is 0 Å².